The Bertz CT molecular complexity index is 1280. The molecule has 5 rings (SSSR count). The van der Waals surface area contributed by atoms with Gasteiger partial charge < -0.3 is 28.8 Å². The van der Waals surface area contributed by atoms with Crippen LogP contribution in [0.5, 0.6) is 17.2 Å². The van der Waals surface area contributed by atoms with Gasteiger partial charge >= 0.3 is 5.97 Å². The van der Waals surface area contributed by atoms with Gasteiger partial charge in [-0.2, -0.15) is 0 Å². The van der Waals surface area contributed by atoms with E-state index in [0.29, 0.717) is 35.3 Å². The zero-order valence-corrected chi connectivity index (χ0v) is 17.8. The minimum absolute atomic E-state index is 0.216. The fraction of sp³-hybridized carbons (Fsp3) is 0.348. The monoisotopic (exact) mass is 437 g/mol. The third-order valence-electron chi connectivity index (χ3n) is 6.14. The van der Waals surface area contributed by atoms with E-state index in [2.05, 4.69) is 4.90 Å². The van der Waals surface area contributed by atoms with Gasteiger partial charge in [0.15, 0.2) is 11.6 Å². The molecule has 0 radical (unpaired) electrons. The summed E-state index contributed by atoms with van der Waals surface area (Å²) in [4.78, 5) is 31.8. The van der Waals surface area contributed by atoms with E-state index >= 15 is 0 Å². The summed E-state index contributed by atoms with van der Waals surface area (Å²) in [6.45, 7) is 1.68. The van der Waals surface area contributed by atoms with Crippen molar-refractivity contribution < 1.29 is 24.1 Å². The highest BCUT2D eigenvalue weighted by Crippen LogP contribution is 2.38. The van der Waals surface area contributed by atoms with Crippen LogP contribution in [0.2, 0.25) is 0 Å². The summed E-state index contributed by atoms with van der Waals surface area (Å²) in [5.74, 6) is 1.17. The van der Waals surface area contributed by atoms with Crippen molar-refractivity contribution in [3.05, 3.63) is 51.8 Å². The molecule has 1 fully saturated rings. The number of hydrogen-bond donors (Lipinski definition) is 1. The van der Waals surface area contributed by atoms with Gasteiger partial charge in [-0.15, -0.1) is 0 Å². The number of aromatic carboxylic acids is 1. The van der Waals surface area contributed by atoms with E-state index in [1.807, 2.05) is 6.07 Å². The molecule has 166 valence electrons. The van der Waals surface area contributed by atoms with Crippen LogP contribution in [0.25, 0.3) is 11.0 Å². The standard InChI is InChI=1S/C23H23N3O6/c1-30-15-6-5-13(18(8-15)31-2)10-25-11-17(23(28)29)20(27)16-9-19-22(24-21(16)25)26-7-3-4-14(26)12-32-19/h5-6,8-9,11,14H,3-4,7,10,12H2,1-2H3,(H,28,29)/t14-/m1/s1. The molecular formula is C23H23N3O6. The lowest BCUT2D eigenvalue weighted by atomic mass is 10.1. The van der Waals surface area contributed by atoms with Gasteiger partial charge in [-0.1, -0.05) is 0 Å². The van der Waals surface area contributed by atoms with Gasteiger partial charge in [0.25, 0.3) is 0 Å². The second kappa shape index (κ2) is 7.74. The number of aromatic nitrogens is 2. The van der Waals surface area contributed by atoms with E-state index < -0.39 is 11.4 Å². The lowest BCUT2D eigenvalue weighted by Gasteiger charge is -2.32. The third-order valence-corrected chi connectivity index (χ3v) is 6.14. The molecule has 0 spiro atoms. The number of carbonyl (C=O) groups is 1. The maximum absolute atomic E-state index is 13.0. The number of benzene rings is 1. The molecule has 1 atom stereocenters. The summed E-state index contributed by atoms with van der Waals surface area (Å²) in [5, 5.41) is 9.85. The zero-order chi connectivity index (χ0) is 22.4. The minimum Gasteiger partial charge on any atom is -0.497 e. The van der Waals surface area contributed by atoms with Gasteiger partial charge in [0, 0.05) is 24.4 Å². The Morgan fingerprint density at radius 3 is 2.88 bits per heavy atom. The molecule has 1 saturated heterocycles. The summed E-state index contributed by atoms with van der Waals surface area (Å²) in [6, 6.07) is 7.31. The van der Waals surface area contributed by atoms with Crippen molar-refractivity contribution in [2.75, 3.05) is 32.3 Å². The number of rotatable bonds is 5. The number of carboxylic acids is 1. The summed E-state index contributed by atoms with van der Waals surface area (Å²) in [5.41, 5.74) is 0.312. The maximum Gasteiger partial charge on any atom is 0.341 e. The van der Waals surface area contributed by atoms with Crippen LogP contribution in [-0.4, -0.2) is 54.0 Å². The predicted octanol–water partition coefficient (Wildman–Crippen LogP) is 2.52. The fourth-order valence-corrected chi connectivity index (χ4v) is 4.51. The highest BCUT2D eigenvalue weighted by atomic mass is 16.5. The van der Waals surface area contributed by atoms with Crippen LogP contribution in [0.15, 0.2) is 35.3 Å². The molecule has 2 aromatic heterocycles. The summed E-state index contributed by atoms with van der Waals surface area (Å²) in [7, 11) is 3.13. The second-order valence-electron chi connectivity index (χ2n) is 7.96. The Hall–Kier alpha value is -3.75. The summed E-state index contributed by atoms with van der Waals surface area (Å²) < 4.78 is 18.3. The predicted molar refractivity (Wildman–Crippen MR) is 117 cm³/mol. The van der Waals surface area contributed by atoms with Crippen LogP contribution >= 0.6 is 0 Å². The lowest BCUT2D eigenvalue weighted by molar-refractivity contribution is 0.0695. The number of fused-ring (bicyclic) bond motifs is 4. The molecule has 2 aliphatic rings. The third kappa shape index (κ3) is 3.21. The summed E-state index contributed by atoms with van der Waals surface area (Å²) in [6.07, 6.45) is 3.44. The topological polar surface area (TPSA) is 103 Å². The molecule has 9 nitrogen and oxygen atoms in total. The largest absolute Gasteiger partial charge is 0.497 e. The fourth-order valence-electron chi connectivity index (χ4n) is 4.51. The normalized spacial score (nSPS) is 16.9. The number of anilines is 1. The Balaban J connectivity index is 1.71. The Kier molecular flexibility index (Phi) is 4.88. The highest BCUT2D eigenvalue weighted by molar-refractivity contribution is 5.92. The van der Waals surface area contributed by atoms with Gasteiger partial charge in [0.2, 0.25) is 5.43 Å². The van der Waals surface area contributed by atoms with E-state index in [1.165, 1.54) is 6.20 Å². The number of hydrogen-bond acceptors (Lipinski definition) is 7. The van der Waals surface area contributed by atoms with Crippen molar-refractivity contribution in [3.63, 3.8) is 0 Å². The molecule has 0 bridgehead atoms. The number of carboxylic acid groups (broad SMARTS) is 1. The van der Waals surface area contributed by atoms with Crippen LogP contribution in [0.3, 0.4) is 0 Å². The van der Waals surface area contributed by atoms with Gasteiger partial charge in [0.05, 0.1) is 32.2 Å². The van der Waals surface area contributed by atoms with Crippen LogP contribution in [-0.2, 0) is 6.54 Å². The molecule has 2 aliphatic heterocycles. The van der Waals surface area contributed by atoms with E-state index in [9.17, 15) is 14.7 Å². The van der Waals surface area contributed by atoms with Gasteiger partial charge in [-0.25, -0.2) is 9.78 Å². The number of ether oxygens (including phenoxy) is 3. The van der Waals surface area contributed by atoms with Crippen LogP contribution in [0.4, 0.5) is 5.82 Å². The molecule has 0 unspecified atom stereocenters. The summed E-state index contributed by atoms with van der Waals surface area (Å²) >= 11 is 0. The van der Waals surface area contributed by atoms with Crippen molar-refractivity contribution in [3.8, 4) is 17.2 Å². The van der Waals surface area contributed by atoms with Crippen molar-refractivity contribution in [2.24, 2.45) is 0 Å². The first-order chi connectivity index (χ1) is 15.5. The first-order valence-corrected chi connectivity index (χ1v) is 10.4. The Labute approximate surface area is 183 Å². The van der Waals surface area contributed by atoms with E-state index in [0.717, 1.165) is 24.9 Å². The van der Waals surface area contributed by atoms with Crippen molar-refractivity contribution in [1.82, 2.24) is 9.55 Å². The SMILES string of the molecule is COc1ccc(Cn2cc(C(=O)O)c(=O)c3cc4c(nc32)N2CCC[C@@H]2CO4)c(OC)c1. The first-order valence-electron chi connectivity index (χ1n) is 10.4. The smallest absolute Gasteiger partial charge is 0.341 e. The highest BCUT2D eigenvalue weighted by Gasteiger charge is 2.33. The van der Waals surface area contributed by atoms with Crippen molar-refractivity contribution in [1.29, 1.82) is 0 Å². The van der Waals surface area contributed by atoms with Crippen LogP contribution in [0, 0.1) is 0 Å². The lowest BCUT2D eigenvalue weighted by Crippen LogP contribution is -2.39. The minimum atomic E-state index is -1.29. The van der Waals surface area contributed by atoms with E-state index in [-0.39, 0.29) is 23.5 Å². The average Bonchev–Trinajstić information content (AvgIpc) is 3.29. The quantitative estimate of drug-likeness (QED) is 0.650. The molecule has 0 aliphatic carbocycles. The van der Waals surface area contributed by atoms with Crippen molar-refractivity contribution >= 4 is 22.8 Å². The Morgan fingerprint density at radius 2 is 2.12 bits per heavy atom. The van der Waals surface area contributed by atoms with Gasteiger partial charge in [-0.3, -0.25) is 4.79 Å². The van der Waals surface area contributed by atoms with Gasteiger partial charge in [-0.05, 0) is 31.0 Å². The van der Waals surface area contributed by atoms with Crippen LogP contribution in [0.1, 0.15) is 28.8 Å². The molecule has 4 heterocycles. The number of pyridine rings is 2. The van der Waals surface area contributed by atoms with E-state index in [4.69, 9.17) is 19.2 Å². The molecule has 32 heavy (non-hydrogen) atoms. The molecule has 1 N–H and O–H groups in total. The number of nitrogens with zero attached hydrogens (tertiary/aromatic N) is 3. The molecule has 0 saturated carbocycles. The molecule has 0 amide bonds. The van der Waals surface area contributed by atoms with Crippen molar-refractivity contribution in [2.45, 2.75) is 25.4 Å². The van der Waals surface area contributed by atoms with Gasteiger partial charge in [0.1, 0.15) is 29.3 Å². The first kappa shape index (κ1) is 20.2. The molecule has 9 heteroatoms. The van der Waals surface area contributed by atoms with Crippen LogP contribution < -0.4 is 24.5 Å². The second-order valence-corrected chi connectivity index (χ2v) is 7.96. The molecule has 1 aromatic carbocycles. The number of methoxy groups -OCH3 is 2. The van der Waals surface area contributed by atoms with E-state index in [1.54, 1.807) is 37.0 Å². The maximum atomic E-state index is 13.0. The Morgan fingerprint density at radius 1 is 1.28 bits per heavy atom. The zero-order valence-electron chi connectivity index (χ0n) is 17.8. The average molecular weight is 437 g/mol. The molecular weight excluding hydrogens is 414 g/mol. The molecule has 3 aromatic rings.